The lowest BCUT2D eigenvalue weighted by Gasteiger charge is -2.55. The molecule has 2 aromatic rings. The molecule has 0 atom stereocenters. The van der Waals surface area contributed by atoms with Gasteiger partial charge in [-0.15, -0.1) is 0 Å². The second-order valence-corrected chi connectivity index (χ2v) is 10.9. The average Bonchev–Trinajstić information content (AvgIpc) is 3.03. The maximum Gasteiger partial charge on any atom is 0.410 e. The van der Waals surface area contributed by atoms with Gasteiger partial charge in [-0.1, -0.05) is 48.5 Å². The van der Waals surface area contributed by atoms with Crippen molar-refractivity contribution in [3.8, 4) is 11.1 Å². The minimum atomic E-state index is -1.11. The van der Waals surface area contributed by atoms with Crippen LogP contribution in [-0.4, -0.2) is 59.6 Å². The number of carbonyl (C=O) groups is 2. The van der Waals surface area contributed by atoms with E-state index in [1.54, 1.807) is 18.7 Å². The number of aliphatic hydroxyl groups is 1. The first-order valence-electron chi connectivity index (χ1n) is 11.7. The fourth-order valence-electron chi connectivity index (χ4n) is 4.75. The lowest BCUT2D eigenvalue weighted by Crippen LogP contribution is -2.70. The molecule has 34 heavy (non-hydrogen) atoms. The molecule has 2 N–H and O–H groups in total. The van der Waals surface area contributed by atoms with Crippen LogP contribution >= 0.6 is 0 Å². The average molecular weight is 467 g/mol. The number of fused-ring (bicyclic) bond motifs is 3. The molecule has 0 aromatic heterocycles. The van der Waals surface area contributed by atoms with Crippen molar-refractivity contribution in [3.05, 3.63) is 59.7 Å². The van der Waals surface area contributed by atoms with E-state index in [0.717, 1.165) is 11.1 Å². The van der Waals surface area contributed by atoms with Crippen LogP contribution in [0.5, 0.6) is 0 Å². The number of rotatable bonds is 5. The number of nitrogens with zero attached hydrogens (tertiary/aromatic N) is 1. The Bertz CT molecular complexity index is 1030. The zero-order chi connectivity index (χ0) is 24.7. The van der Waals surface area contributed by atoms with E-state index in [1.807, 2.05) is 45.0 Å². The molecule has 1 fully saturated rings. The summed E-state index contributed by atoms with van der Waals surface area (Å²) >= 11 is 0. The van der Waals surface area contributed by atoms with Crippen LogP contribution in [0.3, 0.4) is 0 Å². The molecule has 182 valence electrons. The molecular formula is C27H34N2O5. The Morgan fingerprint density at radius 3 is 2.03 bits per heavy atom. The Labute approximate surface area is 201 Å². The topological polar surface area (TPSA) is 88.1 Å². The first kappa shape index (κ1) is 24.1. The molecule has 1 heterocycles. The first-order chi connectivity index (χ1) is 15.9. The summed E-state index contributed by atoms with van der Waals surface area (Å²) in [7, 11) is 0. The summed E-state index contributed by atoms with van der Waals surface area (Å²) in [6.07, 6.45) is -0.963. The van der Waals surface area contributed by atoms with E-state index in [0.29, 0.717) is 0 Å². The first-order valence-corrected chi connectivity index (χ1v) is 11.7. The summed E-state index contributed by atoms with van der Waals surface area (Å²) in [6, 6.07) is 16.4. The van der Waals surface area contributed by atoms with Gasteiger partial charge in [0.25, 0.3) is 0 Å². The van der Waals surface area contributed by atoms with Crippen molar-refractivity contribution in [2.75, 3.05) is 26.2 Å². The summed E-state index contributed by atoms with van der Waals surface area (Å²) in [4.78, 5) is 26.5. The van der Waals surface area contributed by atoms with Crippen LogP contribution in [0.4, 0.5) is 9.59 Å². The predicted octanol–water partition coefficient (Wildman–Crippen LogP) is 4.53. The van der Waals surface area contributed by atoms with Gasteiger partial charge in [0.15, 0.2) is 0 Å². The van der Waals surface area contributed by atoms with Gasteiger partial charge in [-0.2, -0.15) is 0 Å². The van der Waals surface area contributed by atoms with E-state index in [9.17, 15) is 14.7 Å². The van der Waals surface area contributed by atoms with Gasteiger partial charge >= 0.3 is 12.2 Å². The molecule has 1 aliphatic carbocycles. The monoisotopic (exact) mass is 466 g/mol. The number of amides is 2. The third-order valence-electron chi connectivity index (χ3n) is 6.85. The molecule has 7 heteroatoms. The van der Waals surface area contributed by atoms with Crippen LogP contribution in [0.2, 0.25) is 0 Å². The molecule has 1 aliphatic heterocycles. The summed E-state index contributed by atoms with van der Waals surface area (Å²) in [5.41, 5.74) is 2.25. The highest BCUT2D eigenvalue weighted by molar-refractivity contribution is 5.79. The summed E-state index contributed by atoms with van der Waals surface area (Å²) in [6.45, 7) is 9.81. The Hall–Kier alpha value is -3.06. The highest BCUT2D eigenvalue weighted by atomic mass is 16.6. The zero-order valence-electron chi connectivity index (χ0n) is 20.6. The molecule has 0 unspecified atom stereocenters. The van der Waals surface area contributed by atoms with Crippen LogP contribution in [-0.2, 0) is 9.47 Å². The molecular weight excluding hydrogens is 432 g/mol. The van der Waals surface area contributed by atoms with Crippen molar-refractivity contribution in [2.45, 2.75) is 51.7 Å². The highest BCUT2D eigenvalue weighted by Gasteiger charge is 2.55. The third kappa shape index (κ3) is 4.62. The summed E-state index contributed by atoms with van der Waals surface area (Å²) in [5, 5.41) is 13.6. The van der Waals surface area contributed by atoms with Crippen molar-refractivity contribution < 1.29 is 24.2 Å². The minimum absolute atomic E-state index is 0.0206. The van der Waals surface area contributed by atoms with Gasteiger partial charge in [-0.3, -0.25) is 0 Å². The fourth-order valence-corrected chi connectivity index (χ4v) is 4.75. The number of hydrogen-bond donors (Lipinski definition) is 2. The predicted molar refractivity (Wildman–Crippen MR) is 130 cm³/mol. The molecule has 0 saturated carbocycles. The molecule has 2 aromatic carbocycles. The molecule has 0 radical (unpaired) electrons. The van der Waals surface area contributed by atoms with E-state index in [1.165, 1.54) is 11.1 Å². The minimum Gasteiger partial charge on any atom is -0.449 e. The van der Waals surface area contributed by atoms with Crippen LogP contribution < -0.4 is 5.32 Å². The maximum atomic E-state index is 12.6. The molecule has 1 saturated heterocycles. The number of alkyl carbamates (subject to hydrolysis) is 1. The number of nitrogens with one attached hydrogen (secondary N) is 1. The molecule has 4 rings (SSSR count). The van der Waals surface area contributed by atoms with E-state index in [2.05, 4.69) is 29.6 Å². The van der Waals surface area contributed by atoms with Crippen molar-refractivity contribution in [3.63, 3.8) is 0 Å². The second-order valence-electron chi connectivity index (χ2n) is 10.9. The molecule has 0 spiro atoms. The smallest absolute Gasteiger partial charge is 0.410 e. The fraction of sp³-hybridized carbons (Fsp3) is 0.481. The maximum absolute atomic E-state index is 12.6. The van der Waals surface area contributed by atoms with Gasteiger partial charge in [0.05, 0.1) is 11.0 Å². The van der Waals surface area contributed by atoms with Crippen LogP contribution in [0, 0.1) is 5.41 Å². The van der Waals surface area contributed by atoms with E-state index >= 15 is 0 Å². The number of benzene rings is 2. The van der Waals surface area contributed by atoms with Crippen molar-refractivity contribution >= 4 is 12.2 Å². The second kappa shape index (κ2) is 8.62. The van der Waals surface area contributed by atoms with Gasteiger partial charge in [0.1, 0.15) is 12.2 Å². The molecule has 2 aliphatic rings. The van der Waals surface area contributed by atoms with Crippen LogP contribution in [0.1, 0.15) is 51.7 Å². The van der Waals surface area contributed by atoms with E-state index in [-0.39, 0.29) is 32.2 Å². The molecule has 0 bridgehead atoms. The molecule has 7 nitrogen and oxygen atoms in total. The number of hydrogen-bond acceptors (Lipinski definition) is 5. The number of carbonyl (C=O) groups excluding carboxylic acids is 2. The Kier molecular flexibility index (Phi) is 6.10. The lowest BCUT2D eigenvalue weighted by molar-refractivity contribution is -0.136. The van der Waals surface area contributed by atoms with Crippen molar-refractivity contribution in [1.82, 2.24) is 10.2 Å². The lowest BCUT2D eigenvalue weighted by atomic mass is 9.68. The van der Waals surface area contributed by atoms with Crippen LogP contribution in [0.15, 0.2) is 48.5 Å². The van der Waals surface area contributed by atoms with Crippen LogP contribution in [0.25, 0.3) is 11.1 Å². The number of likely N-dealkylation sites (tertiary alicyclic amines) is 1. The van der Waals surface area contributed by atoms with Crippen molar-refractivity contribution in [1.29, 1.82) is 0 Å². The zero-order valence-corrected chi connectivity index (χ0v) is 20.6. The quantitative estimate of drug-likeness (QED) is 0.676. The highest BCUT2D eigenvalue weighted by Crippen LogP contribution is 2.44. The summed E-state index contributed by atoms with van der Waals surface area (Å²) < 4.78 is 11.0. The van der Waals surface area contributed by atoms with Gasteiger partial charge in [-0.05, 0) is 56.9 Å². The Morgan fingerprint density at radius 1 is 1.00 bits per heavy atom. The third-order valence-corrected chi connectivity index (χ3v) is 6.85. The standard InChI is InChI=1S/C27H34N2O5/c1-25(2,3)34-24(31)29-16-27(17-29,26(4,5)32)15-28-23(30)33-14-22-20-12-8-6-10-18(20)19-11-7-9-13-21(19)22/h6-13,22,32H,14-17H2,1-5H3,(H,28,30). The molecule has 2 amide bonds. The van der Waals surface area contributed by atoms with Gasteiger partial charge in [0.2, 0.25) is 0 Å². The van der Waals surface area contributed by atoms with E-state index < -0.39 is 28.8 Å². The SMILES string of the molecule is CC(C)(C)OC(=O)N1CC(CNC(=O)OCC2c3ccccc3-c3ccccc32)(C(C)(C)O)C1. The van der Waals surface area contributed by atoms with Crippen molar-refractivity contribution in [2.24, 2.45) is 5.41 Å². The number of ether oxygens (including phenoxy) is 2. The van der Waals surface area contributed by atoms with Gasteiger partial charge < -0.3 is 24.8 Å². The van der Waals surface area contributed by atoms with Gasteiger partial charge in [0, 0.05) is 25.6 Å². The Morgan fingerprint density at radius 2 is 1.53 bits per heavy atom. The largest absolute Gasteiger partial charge is 0.449 e. The Balaban J connectivity index is 1.36. The van der Waals surface area contributed by atoms with E-state index in [4.69, 9.17) is 9.47 Å². The summed E-state index contributed by atoms with van der Waals surface area (Å²) in [5.74, 6) is -0.0206. The normalized spacial score (nSPS) is 16.8. The van der Waals surface area contributed by atoms with Gasteiger partial charge in [-0.25, -0.2) is 9.59 Å².